The molecule has 1 aliphatic heterocycles. The third kappa shape index (κ3) is 6.32. The maximum Gasteiger partial charge on any atom is 0.155 e. The van der Waals surface area contributed by atoms with Crippen LogP contribution in [0.2, 0.25) is 0 Å². The Labute approximate surface area is 117 Å². The van der Waals surface area contributed by atoms with Crippen LogP contribution >= 0.6 is 0 Å². The van der Waals surface area contributed by atoms with Crippen LogP contribution in [0.3, 0.4) is 0 Å². The van der Waals surface area contributed by atoms with Gasteiger partial charge in [0.05, 0.1) is 0 Å². The standard InChI is InChI=1S/C15H29N3O/c1-12(2)18-10-13(8-14(16)11-18)9-15(19)6-5-7-17(3)4/h5-6,12-14H,7-11,16H2,1-4H3/b6-5+/t13-,14-/m0/s1. The Balaban J connectivity index is 2.42. The van der Waals surface area contributed by atoms with Gasteiger partial charge in [0.25, 0.3) is 0 Å². The van der Waals surface area contributed by atoms with Crippen molar-refractivity contribution in [3.05, 3.63) is 12.2 Å². The van der Waals surface area contributed by atoms with Crippen molar-refractivity contribution in [2.24, 2.45) is 11.7 Å². The second-order valence-electron chi connectivity index (χ2n) is 6.24. The lowest BCUT2D eigenvalue weighted by Gasteiger charge is -2.38. The lowest BCUT2D eigenvalue weighted by atomic mass is 9.89. The number of carbonyl (C=O) groups excluding carboxylic acids is 1. The number of likely N-dealkylation sites (tertiary alicyclic amines) is 1. The molecular weight excluding hydrogens is 238 g/mol. The monoisotopic (exact) mass is 267 g/mol. The van der Waals surface area contributed by atoms with E-state index in [1.54, 1.807) is 6.08 Å². The van der Waals surface area contributed by atoms with Crippen LogP contribution in [-0.2, 0) is 4.79 Å². The van der Waals surface area contributed by atoms with E-state index in [9.17, 15) is 4.79 Å². The summed E-state index contributed by atoms with van der Waals surface area (Å²) in [5.41, 5.74) is 6.09. The third-order valence-corrected chi connectivity index (χ3v) is 3.59. The average Bonchev–Trinajstić information content (AvgIpc) is 2.27. The van der Waals surface area contributed by atoms with Gasteiger partial charge in [-0.2, -0.15) is 0 Å². The van der Waals surface area contributed by atoms with Gasteiger partial charge in [-0.25, -0.2) is 0 Å². The molecule has 2 atom stereocenters. The SMILES string of the molecule is CC(C)N1C[C@@H](N)C[C@@H](CC(=O)/C=C/CN(C)C)C1. The maximum absolute atomic E-state index is 11.9. The summed E-state index contributed by atoms with van der Waals surface area (Å²) in [5, 5.41) is 0. The maximum atomic E-state index is 11.9. The highest BCUT2D eigenvalue weighted by atomic mass is 16.1. The van der Waals surface area contributed by atoms with E-state index in [1.807, 2.05) is 25.1 Å². The van der Waals surface area contributed by atoms with Crippen molar-refractivity contribution in [3.8, 4) is 0 Å². The van der Waals surface area contributed by atoms with Crippen LogP contribution in [0.15, 0.2) is 12.2 Å². The van der Waals surface area contributed by atoms with Crippen molar-refractivity contribution < 1.29 is 4.79 Å². The van der Waals surface area contributed by atoms with Gasteiger partial charge < -0.3 is 10.6 Å². The van der Waals surface area contributed by atoms with E-state index in [-0.39, 0.29) is 11.8 Å². The van der Waals surface area contributed by atoms with Crippen LogP contribution in [0, 0.1) is 5.92 Å². The molecule has 0 aromatic rings. The first-order chi connectivity index (χ1) is 8.88. The van der Waals surface area contributed by atoms with Gasteiger partial charge in [0.15, 0.2) is 5.78 Å². The van der Waals surface area contributed by atoms with Gasteiger partial charge in [-0.15, -0.1) is 0 Å². The Morgan fingerprint density at radius 1 is 1.42 bits per heavy atom. The van der Waals surface area contributed by atoms with E-state index in [4.69, 9.17) is 5.73 Å². The molecule has 1 fully saturated rings. The molecule has 2 N–H and O–H groups in total. The largest absolute Gasteiger partial charge is 0.327 e. The van der Waals surface area contributed by atoms with Crippen LogP contribution < -0.4 is 5.73 Å². The average molecular weight is 267 g/mol. The van der Waals surface area contributed by atoms with Gasteiger partial charge >= 0.3 is 0 Å². The van der Waals surface area contributed by atoms with E-state index < -0.39 is 0 Å². The van der Waals surface area contributed by atoms with Crippen molar-refractivity contribution in [3.63, 3.8) is 0 Å². The number of hydrogen-bond acceptors (Lipinski definition) is 4. The minimum atomic E-state index is 0.208. The number of carbonyl (C=O) groups is 1. The first-order valence-electron chi connectivity index (χ1n) is 7.22. The predicted molar refractivity (Wildman–Crippen MR) is 80.1 cm³/mol. The Kier molecular flexibility index (Phi) is 6.69. The zero-order chi connectivity index (χ0) is 14.4. The summed E-state index contributed by atoms with van der Waals surface area (Å²) in [6.45, 7) is 7.15. The number of nitrogens with two attached hydrogens (primary N) is 1. The highest BCUT2D eigenvalue weighted by molar-refractivity contribution is 5.89. The summed E-state index contributed by atoms with van der Waals surface area (Å²) < 4.78 is 0. The van der Waals surface area contributed by atoms with Gasteiger partial charge in [-0.3, -0.25) is 9.69 Å². The van der Waals surface area contributed by atoms with Crippen LogP contribution in [0.1, 0.15) is 26.7 Å². The van der Waals surface area contributed by atoms with Gasteiger partial charge in [-0.1, -0.05) is 6.08 Å². The van der Waals surface area contributed by atoms with Crippen LogP contribution in [0.4, 0.5) is 0 Å². The number of allylic oxidation sites excluding steroid dienone is 1. The smallest absolute Gasteiger partial charge is 0.155 e. The molecule has 1 heterocycles. The molecule has 0 aromatic carbocycles. The first kappa shape index (κ1) is 16.3. The second-order valence-corrected chi connectivity index (χ2v) is 6.24. The van der Waals surface area contributed by atoms with Crippen molar-refractivity contribution in [2.75, 3.05) is 33.7 Å². The fourth-order valence-electron chi connectivity index (χ4n) is 2.60. The van der Waals surface area contributed by atoms with Crippen molar-refractivity contribution in [1.82, 2.24) is 9.80 Å². The summed E-state index contributed by atoms with van der Waals surface area (Å²) >= 11 is 0. The predicted octanol–water partition coefficient (Wildman–Crippen LogP) is 1.12. The Bertz CT molecular complexity index is 313. The zero-order valence-electron chi connectivity index (χ0n) is 12.8. The summed E-state index contributed by atoms with van der Waals surface area (Å²) in [4.78, 5) is 16.3. The number of rotatable bonds is 6. The summed E-state index contributed by atoms with van der Waals surface area (Å²) in [6, 6.07) is 0.716. The molecule has 0 saturated carbocycles. The minimum Gasteiger partial charge on any atom is -0.327 e. The Morgan fingerprint density at radius 2 is 2.11 bits per heavy atom. The first-order valence-corrected chi connectivity index (χ1v) is 7.22. The number of nitrogens with zero attached hydrogens (tertiary/aromatic N) is 2. The fraction of sp³-hybridized carbons (Fsp3) is 0.800. The number of hydrogen-bond donors (Lipinski definition) is 1. The lowest BCUT2D eigenvalue weighted by molar-refractivity contribution is -0.116. The molecule has 4 heteroatoms. The summed E-state index contributed by atoms with van der Waals surface area (Å²) in [6.07, 6.45) is 5.25. The highest BCUT2D eigenvalue weighted by Gasteiger charge is 2.27. The van der Waals surface area contributed by atoms with Crippen LogP contribution in [0.5, 0.6) is 0 Å². The van der Waals surface area contributed by atoms with Crippen LogP contribution in [0.25, 0.3) is 0 Å². The number of likely N-dealkylation sites (N-methyl/N-ethyl adjacent to an activating group) is 1. The quantitative estimate of drug-likeness (QED) is 0.733. The summed E-state index contributed by atoms with van der Waals surface area (Å²) in [7, 11) is 3.99. The lowest BCUT2D eigenvalue weighted by Crippen LogP contribution is -2.49. The van der Waals surface area contributed by atoms with Crippen molar-refractivity contribution in [2.45, 2.75) is 38.8 Å². The molecule has 0 spiro atoms. The van der Waals surface area contributed by atoms with E-state index >= 15 is 0 Å². The van der Waals surface area contributed by atoms with Gasteiger partial charge in [0, 0.05) is 38.1 Å². The number of piperidine rings is 1. The molecule has 0 amide bonds. The van der Waals surface area contributed by atoms with E-state index in [0.717, 1.165) is 26.1 Å². The van der Waals surface area contributed by atoms with E-state index in [2.05, 4.69) is 18.7 Å². The second kappa shape index (κ2) is 7.78. The molecule has 1 aliphatic rings. The Hall–Kier alpha value is -0.710. The molecule has 0 aliphatic carbocycles. The molecule has 0 unspecified atom stereocenters. The molecule has 0 radical (unpaired) electrons. The van der Waals surface area contributed by atoms with Gasteiger partial charge in [0.2, 0.25) is 0 Å². The molecule has 0 bridgehead atoms. The van der Waals surface area contributed by atoms with Gasteiger partial charge in [0.1, 0.15) is 0 Å². The molecule has 110 valence electrons. The number of ketones is 1. The summed E-state index contributed by atoms with van der Waals surface area (Å²) in [5.74, 6) is 0.632. The van der Waals surface area contributed by atoms with Crippen molar-refractivity contribution in [1.29, 1.82) is 0 Å². The van der Waals surface area contributed by atoms with Crippen LogP contribution in [-0.4, -0.2) is 61.4 Å². The molecular formula is C15H29N3O. The minimum absolute atomic E-state index is 0.208. The molecule has 4 nitrogen and oxygen atoms in total. The Morgan fingerprint density at radius 3 is 2.68 bits per heavy atom. The van der Waals surface area contributed by atoms with E-state index in [0.29, 0.717) is 18.4 Å². The topological polar surface area (TPSA) is 49.6 Å². The van der Waals surface area contributed by atoms with E-state index in [1.165, 1.54) is 0 Å². The molecule has 19 heavy (non-hydrogen) atoms. The molecule has 0 aromatic heterocycles. The molecule has 1 rings (SSSR count). The highest BCUT2D eigenvalue weighted by Crippen LogP contribution is 2.21. The fourth-order valence-corrected chi connectivity index (χ4v) is 2.60. The van der Waals surface area contributed by atoms with Crippen molar-refractivity contribution >= 4 is 5.78 Å². The normalized spacial score (nSPS) is 25.6. The van der Waals surface area contributed by atoms with Gasteiger partial charge in [-0.05, 0) is 46.4 Å². The zero-order valence-corrected chi connectivity index (χ0v) is 12.8. The third-order valence-electron chi connectivity index (χ3n) is 3.59. The molecule has 1 saturated heterocycles.